The number of hydrogen-bond donors (Lipinski definition) is 4. The Labute approximate surface area is 543 Å². The van der Waals surface area contributed by atoms with Crippen LogP contribution in [0.5, 0.6) is 17.2 Å². The molecule has 7 rings (SSSR count). The zero-order valence-corrected chi connectivity index (χ0v) is 55.1. The number of aryl methyl sites for hydroxylation is 1. The molecule has 0 aliphatic carbocycles. The number of hydrogen-bond acceptors (Lipinski definition) is 20. The molecule has 2 aromatic heterocycles. The zero-order valence-electron chi connectivity index (χ0n) is 52.8. The van der Waals surface area contributed by atoms with Gasteiger partial charge in [-0.1, -0.05) is 81.1 Å². The molecule has 2 saturated heterocycles. The number of unbranched alkanes of at least 4 members (excludes halogenated alkanes) is 3. The fourth-order valence-electron chi connectivity index (χ4n) is 10.5. The van der Waals surface area contributed by atoms with Gasteiger partial charge in [0.15, 0.2) is 11.5 Å². The highest BCUT2D eigenvalue weighted by Gasteiger charge is 2.44. The number of rotatable bonds is 39. The van der Waals surface area contributed by atoms with E-state index in [4.69, 9.17) is 65.8 Å². The molecule has 2 aliphatic rings. The van der Waals surface area contributed by atoms with Crippen molar-refractivity contribution in [2.45, 2.75) is 91.0 Å². The number of ether oxygens (including phenoxy) is 9. The molecule has 492 valence electrons. The largest absolute Gasteiger partial charge is 0.495 e. The molecule has 4 heterocycles. The number of nitrogens with zero attached hydrogens (tertiary/aromatic N) is 6. The van der Waals surface area contributed by atoms with Gasteiger partial charge in [0, 0.05) is 82.6 Å². The first-order valence-electron chi connectivity index (χ1n) is 30.9. The lowest BCUT2D eigenvalue weighted by Crippen LogP contribution is -2.58. The normalized spacial score (nSPS) is 15.8. The maximum atomic E-state index is 13.9. The number of aliphatic hydroxyl groups excluding tert-OH is 1. The third kappa shape index (κ3) is 22.4. The van der Waals surface area contributed by atoms with Crippen molar-refractivity contribution in [3.63, 3.8) is 0 Å². The van der Waals surface area contributed by atoms with E-state index in [1.165, 1.54) is 31.0 Å². The Bertz CT molecular complexity index is 3090. The molecule has 0 bridgehead atoms. The van der Waals surface area contributed by atoms with E-state index in [1.54, 1.807) is 30.6 Å². The fourth-order valence-corrected chi connectivity index (χ4v) is 11.8. The van der Waals surface area contributed by atoms with Gasteiger partial charge in [0.2, 0.25) is 17.7 Å². The number of aliphatic hydroxyl groups is 1. The van der Waals surface area contributed by atoms with Crippen LogP contribution < -0.4 is 30.2 Å². The number of pyridine rings is 1. The minimum absolute atomic E-state index is 0.0160. The predicted octanol–water partition coefficient (Wildman–Crippen LogP) is 8.46. The topological polar surface area (TPSA) is 250 Å². The van der Waals surface area contributed by atoms with Gasteiger partial charge in [0.25, 0.3) is 0 Å². The molecule has 2 fully saturated rings. The third-order valence-corrected chi connectivity index (χ3v) is 17.0. The Morgan fingerprint density at radius 1 is 0.744 bits per heavy atom. The van der Waals surface area contributed by atoms with Gasteiger partial charge in [0.05, 0.1) is 142 Å². The van der Waals surface area contributed by atoms with Gasteiger partial charge >= 0.3 is 0 Å². The Morgan fingerprint density at radius 3 is 1.96 bits per heavy atom. The molecule has 3 aromatic carbocycles. The van der Waals surface area contributed by atoms with Crippen LogP contribution in [0.15, 0.2) is 60.2 Å². The Kier molecular flexibility index (Phi) is 29.8. The Balaban J connectivity index is 0.626. The summed E-state index contributed by atoms with van der Waals surface area (Å²) >= 11 is 14.3. The highest BCUT2D eigenvalue weighted by atomic mass is 35.5. The van der Waals surface area contributed by atoms with Crippen molar-refractivity contribution in [1.29, 1.82) is 5.26 Å². The van der Waals surface area contributed by atoms with Crippen LogP contribution in [0.25, 0.3) is 21.3 Å². The number of thiazole rings is 1. The average Bonchev–Trinajstić information content (AvgIpc) is 0.984. The van der Waals surface area contributed by atoms with Gasteiger partial charge in [-0.15, -0.1) is 11.3 Å². The highest BCUT2D eigenvalue weighted by molar-refractivity contribution is 7.13. The van der Waals surface area contributed by atoms with Crippen LogP contribution >= 0.6 is 34.5 Å². The van der Waals surface area contributed by atoms with Gasteiger partial charge in [-0.2, -0.15) is 5.26 Å². The van der Waals surface area contributed by atoms with E-state index in [9.17, 15) is 24.8 Å². The van der Waals surface area contributed by atoms with Crippen LogP contribution in [-0.2, 0) is 49.3 Å². The van der Waals surface area contributed by atoms with E-state index in [-0.39, 0.29) is 45.2 Å². The highest BCUT2D eigenvalue weighted by Crippen LogP contribution is 2.41. The number of β-amino-alcohol motifs (C(OH)–C–C–N with tert-alkyl or cyclic N) is 1. The second-order valence-electron chi connectivity index (χ2n) is 23.1. The standard InChI is InChI=1S/C65H89Cl2N9O13S/c1-45-61(90-44-71-45)47-14-12-46(13-15-47)40-70-63(79)55-34-49(77)42-76(55)64(80)62(65(2,3)4)73-59(78)43-88-33-32-87-31-30-86-29-28-85-27-26-84-25-24-83-22-10-8-7-9-16-74-18-20-75(21-19-74)17-11-23-89-58-37-53-50(35-57(58)82-6)60(48(39-68)41-69-53)72-54-38-56(81-5)52(67)36-51(54)66/h12-15,35-38,41,44,49,55,62,77H,7-11,16-34,40,42-43H2,1-6H3,(H,69,72)(H,70,79)(H,73,78)/t49-,55+,62-/m1/s1. The monoisotopic (exact) mass is 1310 g/mol. The number of benzene rings is 3. The van der Waals surface area contributed by atoms with Crippen LogP contribution in [0.1, 0.15) is 76.1 Å². The molecule has 2 aliphatic heterocycles. The van der Waals surface area contributed by atoms with Crippen molar-refractivity contribution in [3.05, 3.63) is 87.1 Å². The maximum absolute atomic E-state index is 13.9. The summed E-state index contributed by atoms with van der Waals surface area (Å²) in [5.41, 5.74) is 6.04. The van der Waals surface area contributed by atoms with Crippen molar-refractivity contribution in [3.8, 4) is 33.8 Å². The molecule has 25 heteroatoms. The van der Waals surface area contributed by atoms with E-state index in [2.05, 4.69) is 41.8 Å². The molecule has 0 radical (unpaired) electrons. The number of nitrogens with one attached hydrogen (secondary N) is 3. The lowest BCUT2D eigenvalue weighted by atomic mass is 9.85. The van der Waals surface area contributed by atoms with Crippen molar-refractivity contribution >= 4 is 74.5 Å². The van der Waals surface area contributed by atoms with E-state index in [0.717, 1.165) is 86.8 Å². The number of amides is 3. The second-order valence-corrected chi connectivity index (χ2v) is 24.8. The van der Waals surface area contributed by atoms with Crippen LogP contribution in [0.2, 0.25) is 10.0 Å². The molecule has 0 saturated carbocycles. The number of likely N-dealkylation sites (tertiary alicyclic amines) is 1. The lowest BCUT2D eigenvalue weighted by molar-refractivity contribution is -0.144. The van der Waals surface area contributed by atoms with Crippen molar-refractivity contribution < 1.29 is 62.1 Å². The maximum Gasteiger partial charge on any atom is 0.246 e. The number of piperazine rings is 1. The third-order valence-electron chi connectivity index (χ3n) is 15.4. The number of nitriles is 1. The summed E-state index contributed by atoms with van der Waals surface area (Å²) in [4.78, 5) is 56.7. The molecule has 5 aromatic rings. The minimum Gasteiger partial charge on any atom is -0.495 e. The average molecular weight is 1310 g/mol. The van der Waals surface area contributed by atoms with E-state index >= 15 is 0 Å². The summed E-state index contributed by atoms with van der Waals surface area (Å²) in [6.45, 7) is 18.9. The van der Waals surface area contributed by atoms with Crippen molar-refractivity contribution in [2.24, 2.45) is 5.41 Å². The van der Waals surface area contributed by atoms with Gasteiger partial charge < -0.3 is 78.4 Å². The van der Waals surface area contributed by atoms with Crippen LogP contribution in [0.4, 0.5) is 11.4 Å². The lowest BCUT2D eigenvalue weighted by Gasteiger charge is -2.35. The molecule has 0 spiro atoms. The molecule has 3 amide bonds. The summed E-state index contributed by atoms with van der Waals surface area (Å²) in [7, 11) is 3.11. The molecular weight excluding hydrogens is 1220 g/mol. The molecule has 0 unspecified atom stereocenters. The smallest absolute Gasteiger partial charge is 0.246 e. The predicted molar refractivity (Wildman–Crippen MR) is 347 cm³/mol. The number of carbonyl (C=O) groups is 3. The number of fused-ring (bicyclic) bond motifs is 1. The number of aromatic nitrogens is 2. The first-order chi connectivity index (χ1) is 43.6. The summed E-state index contributed by atoms with van der Waals surface area (Å²) in [5, 5.41) is 30.9. The Hall–Kier alpha value is -5.98. The number of methoxy groups -OCH3 is 2. The van der Waals surface area contributed by atoms with Crippen LogP contribution in [0, 0.1) is 23.7 Å². The first kappa shape index (κ1) is 71.5. The van der Waals surface area contributed by atoms with Crippen LogP contribution in [-0.4, -0.2) is 212 Å². The van der Waals surface area contributed by atoms with Gasteiger partial charge in [-0.3, -0.25) is 19.4 Å². The van der Waals surface area contributed by atoms with Gasteiger partial charge in [0.1, 0.15) is 30.5 Å². The number of halogens is 2. The number of carbonyl (C=O) groups excluding carboxylic acids is 3. The molecule has 3 atom stereocenters. The van der Waals surface area contributed by atoms with Crippen molar-refractivity contribution in [2.75, 3.05) is 151 Å². The molecule has 90 heavy (non-hydrogen) atoms. The van der Waals surface area contributed by atoms with E-state index in [1.807, 2.05) is 69.6 Å². The quantitative estimate of drug-likeness (QED) is 0.0269. The van der Waals surface area contributed by atoms with Gasteiger partial charge in [-0.25, -0.2) is 4.98 Å². The van der Waals surface area contributed by atoms with E-state index < -0.39 is 35.4 Å². The molecular formula is C65H89Cl2N9O13S. The molecule has 4 N–H and O–H groups in total. The van der Waals surface area contributed by atoms with Gasteiger partial charge in [-0.05, 0) is 61.4 Å². The summed E-state index contributed by atoms with van der Waals surface area (Å²) in [6, 6.07) is 15.2. The van der Waals surface area contributed by atoms with Crippen molar-refractivity contribution in [1.82, 2.24) is 35.3 Å². The summed E-state index contributed by atoms with van der Waals surface area (Å²) in [6.07, 6.45) is 6.13. The molecule has 22 nitrogen and oxygen atoms in total. The van der Waals surface area contributed by atoms with E-state index in [0.29, 0.717) is 115 Å². The summed E-state index contributed by atoms with van der Waals surface area (Å²) in [5.74, 6) is 0.266. The zero-order chi connectivity index (χ0) is 64.3. The minimum atomic E-state index is -0.963. The number of anilines is 2. The second kappa shape index (κ2) is 37.5. The fraction of sp³-hybridized carbons (Fsp3) is 0.569. The SMILES string of the molecule is COc1cc(Nc2c(C#N)cnc3cc(OCCCN4CCN(CCCCCCOCCOCCOCCOCCOCCOCC(=O)N[C@H](C(=O)N5C[C@H](O)C[C@H]5C(=O)NCc5ccc(-c6scnc6C)cc5)C(C)(C)C)CC4)c(OC)cc23)c(Cl)cc1Cl. The Morgan fingerprint density at radius 2 is 1.36 bits per heavy atom. The van der Waals surface area contributed by atoms with Crippen LogP contribution in [0.3, 0.4) is 0 Å². The first-order valence-corrected chi connectivity index (χ1v) is 32.5. The summed E-state index contributed by atoms with van der Waals surface area (Å²) < 4.78 is 51.1.